The third-order valence-electron chi connectivity index (χ3n) is 6.16. The highest BCUT2D eigenvalue weighted by molar-refractivity contribution is 7.99. The van der Waals surface area contributed by atoms with Crippen molar-refractivity contribution < 1.29 is 4.79 Å². The minimum Gasteiger partial charge on any atom is -0.293 e. The predicted octanol–water partition coefficient (Wildman–Crippen LogP) is 5.24. The van der Waals surface area contributed by atoms with Crippen LogP contribution in [0.2, 0.25) is 0 Å². The highest BCUT2D eigenvalue weighted by atomic mass is 32.2. The Kier molecular flexibility index (Phi) is 5.57. The van der Waals surface area contributed by atoms with Gasteiger partial charge in [0, 0.05) is 5.56 Å². The van der Waals surface area contributed by atoms with Crippen molar-refractivity contribution in [1.82, 2.24) is 19.2 Å². The molecule has 0 radical (unpaired) electrons. The number of thioether (sulfide) groups is 1. The summed E-state index contributed by atoms with van der Waals surface area (Å²) < 4.78 is 3.49. The third kappa shape index (κ3) is 3.72. The lowest BCUT2D eigenvalue weighted by Gasteiger charge is -2.14. The number of nitrogens with zero attached hydrogens (tertiary/aromatic N) is 4. The summed E-state index contributed by atoms with van der Waals surface area (Å²) in [7, 11) is 0. The first-order valence-corrected chi connectivity index (χ1v) is 12.0. The number of hydrogen-bond acceptors (Lipinski definition) is 5. The van der Waals surface area contributed by atoms with Crippen LogP contribution in [0.25, 0.3) is 22.4 Å². The summed E-state index contributed by atoms with van der Waals surface area (Å²) in [5, 5.41) is 9.92. The lowest BCUT2D eigenvalue weighted by atomic mass is 10.0. The molecule has 0 saturated carbocycles. The van der Waals surface area contributed by atoms with Gasteiger partial charge in [-0.1, -0.05) is 48.2 Å². The number of carbonyl (C=O) groups is 1. The fourth-order valence-electron chi connectivity index (χ4n) is 4.08. The Morgan fingerprint density at radius 1 is 0.882 bits per heavy atom. The lowest BCUT2D eigenvalue weighted by Crippen LogP contribution is -2.22. The number of benzene rings is 3. The first-order chi connectivity index (χ1) is 16.3. The van der Waals surface area contributed by atoms with Crippen LogP contribution < -0.4 is 5.56 Å². The molecule has 0 atom stereocenters. The second kappa shape index (κ2) is 8.57. The SMILES string of the molecule is Cc1ccc(C)c(-n2c(=O)c3ccccc3n3c(SCC(=O)c4ccc(C)c(C)c4)nnc23)c1. The number of aromatic nitrogens is 4. The molecule has 34 heavy (non-hydrogen) atoms. The molecular formula is C27H24N4O2S. The zero-order valence-corrected chi connectivity index (χ0v) is 20.3. The number of carbonyl (C=O) groups excluding carboxylic acids is 1. The molecular weight excluding hydrogens is 444 g/mol. The Morgan fingerprint density at radius 3 is 2.44 bits per heavy atom. The molecule has 0 spiro atoms. The van der Waals surface area contributed by atoms with Crippen LogP contribution in [0.3, 0.4) is 0 Å². The van der Waals surface area contributed by atoms with Crippen LogP contribution >= 0.6 is 11.8 Å². The van der Waals surface area contributed by atoms with Crippen LogP contribution in [0.1, 0.15) is 32.6 Å². The molecule has 6 nitrogen and oxygen atoms in total. The van der Waals surface area contributed by atoms with E-state index in [2.05, 4.69) is 10.2 Å². The Balaban J connectivity index is 1.64. The molecule has 5 aromatic rings. The van der Waals surface area contributed by atoms with Crippen molar-refractivity contribution in [2.75, 3.05) is 5.75 Å². The van der Waals surface area contributed by atoms with Crippen LogP contribution in [0.5, 0.6) is 0 Å². The zero-order valence-electron chi connectivity index (χ0n) is 19.5. The number of rotatable bonds is 5. The van der Waals surface area contributed by atoms with Crippen molar-refractivity contribution in [2.24, 2.45) is 0 Å². The summed E-state index contributed by atoms with van der Waals surface area (Å²) in [6, 6.07) is 19.2. The minimum atomic E-state index is -0.146. The Hall–Kier alpha value is -3.71. The summed E-state index contributed by atoms with van der Waals surface area (Å²) in [6.07, 6.45) is 0. The molecule has 5 rings (SSSR count). The van der Waals surface area contributed by atoms with Gasteiger partial charge in [0.05, 0.1) is 22.3 Å². The van der Waals surface area contributed by atoms with E-state index in [4.69, 9.17) is 0 Å². The van der Waals surface area contributed by atoms with Gasteiger partial charge in [0.25, 0.3) is 5.56 Å². The summed E-state index contributed by atoms with van der Waals surface area (Å²) in [6.45, 7) is 8.00. The van der Waals surface area contributed by atoms with Gasteiger partial charge in [-0.25, -0.2) is 4.57 Å². The summed E-state index contributed by atoms with van der Waals surface area (Å²) in [5.74, 6) is 0.677. The number of para-hydroxylation sites is 1. The van der Waals surface area contributed by atoms with E-state index in [1.165, 1.54) is 11.8 Å². The van der Waals surface area contributed by atoms with Crippen molar-refractivity contribution in [3.05, 3.63) is 98.8 Å². The van der Waals surface area contributed by atoms with Crippen LogP contribution in [0.15, 0.2) is 70.6 Å². The Morgan fingerprint density at radius 2 is 1.65 bits per heavy atom. The van der Waals surface area contributed by atoms with E-state index in [1.54, 1.807) is 4.57 Å². The minimum absolute atomic E-state index is 0.0250. The fraction of sp³-hybridized carbons (Fsp3) is 0.185. The van der Waals surface area contributed by atoms with E-state index in [0.717, 1.165) is 33.5 Å². The zero-order chi connectivity index (χ0) is 24.0. The maximum Gasteiger partial charge on any atom is 0.267 e. The molecule has 0 saturated heterocycles. The second-order valence-corrected chi connectivity index (χ2v) is 9.52. The smallest absolute Gasteiger partial charge is 0.267 e. The Labute approximate surface area is 201 Å². The van der Waals surface area contributed by atoms with E-state index in [0.29, 0.717) is 21.9 Å². The van der Waals surface area contributed by atoms with Gasteiger partial charge >= 0.3 is 0 Å². The van der Waals surface area contributed by atoms with E-state index in [9.17, 15) is 9.59 Å². The molecule has 0 bridgehead atoms. The molecule has 0 fully saturated rings. The Bertz CT molecular complexity index is 1650. The number of Topliss-reactive ketones (excluding diaryl/α,β-unsaturated/α-hetero) is 1. The summed E-state index contributed by atoms with van der Waals surface area (Å²) >= 11 is 1.33. The van der Waals surface area contributed by atoms with E-state index in [-0.39, 0.29) is 17.1 Å². The van der Waals surface area contributed by atoms with Gasteiger partial charge < -0.3 is 0 Å². The van der Waals surface area contributed by atoms with Gasteiger partial charge in [-0.2, -0.15) is 0 Å². The van der Waals surface area contributed by atoms with Crippen LogP contribution in [0, 0.1) is 27.7 Å². The van der Waals surface area contributed by atoms with Crippen molar-refractivity contribution in [3.8, 4) is 5.69 Å². The van der Waals surface area contributed by atoms with Gasteiger partial charge in [-0.05, 0) is 74.2 Å². The number of ketones is 1. The molecule has 2 aromatic heterocycles. The number of fused-ring (bicyclic) bond motifs is 3. The first kappa shape index (κ1) is 22.1. The molecule has 170 valence electrons. The molecule has 0 amide bonds. The van der Waals surface area contributed by atoms with Gasteiger partial charge in [-0.15, -0.1) is 10.2 Å². The molecule has 0 aliphatic carbocycles. The molecule has 0 unspecified atom stereocenters. The van der Waals surface area contributed by atoms with E-state index >= 15 is 0 Å². The maximum atomic E-state index is 13.5. The van der Waals surface area contributed by atoms with Crippen LogP contribution in [0.4, 0.5) is 0 Å². The second-order valence-electron chi connectivity index (χ2n) is 8.58. The van der Waals surface area contributed by atoms with Gasteiger partial charge in [0.15, 0.2) is 10.9 Å². The summed E-state index contributed by atoms with van der Waals surface area (Å²) in [5.41, 5.74) is 6.29. The largest absolute Gasteiger partial charge is 0.293 e. The van der Waals surface area contributed by atoms with Crippen LogP contribution in [-0.4, -0.2) is 30.7 Å². The molecule has 7 heteroatoms. The maximum absolute atomic E-state index is 13.5. The van der Waals surface area contributed by atoms with Crippen molar-refractivity contribution in [1.29, 1.82) is 0 Å². The average molecular weight is 469 g/mol. The highest BCUT2D eigenvalue weighted by Crippen LogP contribution is 2.25. The van der Waals surface area contributed by atoms with Gasteiger partial charge in [0.1, 0.15) is 0 Å². The first-order valence-electron chi connectivity index (χ1n) is 11.0. The molecule has 0 N–H and O–H groups in total. The lowest BCUT2D eigenvalue weighted by molar-refractivity contribution is 0.102. The molecule has 0 aliphatic rings. The van der Waals surface area contributed by atoms with E-state index < -0.39 is 0 Å². The van der Waals surface area contributed by atoms with Crippen molar-refractivity contribution in [2.45, 2.75) is 32.9 Å². The average Bonchev–Trinajstić information content (AvgIpc) is 3.25. The number of aryl methyl sites for hydroxylation is 4. The van der Waals surface area contributed by atoms with E-state index in [1.807, 2.05) is 92.8 Å². The number of hydrogen-bond donors (Lipinski definition) is 0. The monoisotopic (exact) mass is 468 g/mol. The van der Waals surface area contributed by atoms with Crippen molar-refractivity contribution in [3.63, 3.8) is 0 Å². The van der Waals surface area contributed by atoms with Crippen LogP contribution in [-0.2, 0) is 0 Å². The van der Waals surface area contributed by atoms with Crippen molar-refractivity contribution >= 4 is 34.2 Å². The van der Waals surface area contributed by atoms with Gasteiger partial charge in [-0.3, -0.25) is 14.0 Å². The fourth-order valence-corrected chi connectivity index (χ4v) is 4.91. The highest BCUT2D eigenvalue weighted by Gasteiger charge is 2.20. The standard InChI is InChI=1S/C27H24N4O2S/c1-16-9-10-18(3)23(13-16)30-25(33)21-7-5-6-8-22(21)31-26(30)28-29-27(31)34-15-24(32)20-12-11-17(2)19(4)14-20/h5-14H,15H2,1-4H3. The van der Waals surface area contributed by atoms with Gasteiger partial charge in [0.2, 0.25) is 5.78 Å². The topological polar surface area (TPSA) is 69.3 Å². The summed E-state index contributed by atoms with van der Waals surface area (Å²) in [4.78, 5) is 26.4. The predicted molar refractivity (Wildman–Crippen MR) is 137 cm³/mol. The molecule has 3 aromatic carbocycles. The molecule has 2 heterocycles. The quantitative estimate of drug-likeness (QED) is 0.261. The molecule has 0 aliphatic heterocycles. The normalized spacial score (nSPS) is 11.4. The third-order valence-corrected chi connectivity index (χ3v) is 7.09.